The number of nitrogens with zero attached hydrogens (tertiary/aromatic N) is 3. The molecule has 0 radical (unpaired) electrons. The van der Waals surface area contributed by atoms with Crippen molar-refractivity contribution in [1.29, 1.82) is 0 Å². The van der Waals surface area contributed by atoms with E-state index in [0.717, 1.165) is 9.21 Å². The van der Waals surface area contributed by atoms with Gasteiger partial charge in [0.05, 0.1) is 10.9 Å². The van der Waals surface area contributed by atoms with Crippen LogP contribution in [0.1, 0.15) is 4.88 Å². The molecule has 2 N–H and O–H groups in total. The van der Waals surface area contributed by atoms with Gasteiger partial charge in [0.25, 0.3) is 0 Å². The van der Waals surface area contributed by atoms with Gasteiger partial charge in [-0.1, -0.05) is 11.6 Å². The molecule has 8 heteroatoms. The van der Waals surface area contributed by atoms with E-state index in [1.807, 2.05) is 12.1 Å². The number of rotatable bonds is 4. The lowest BCUT2D eigenvalue weighted by atomic mass is 10.5. The van der Waals surface area contributed by atoms with Crippen molar-refractivity contribution in [3.05, 3.63) is 26.6 Å². The predicted molar refractivity (Wildman–Crippen MR) is 71.0 cm³/mol. The fourth-order valence-electron chi connectivity index (χ4n) is 1.15. The van der Waals surface area contributed by atoms with Crippen LogP contribution in [0.3, 0.4) is 0 Å². The van der Waals surface area contributed by atoms with Crippen LogP contribution in [0.4, 0.5) is 11.9 Å². The van der Waals surface area contributed by atoms with Gasteiger partial charge in [-0.2, -0.15) is 15.0 Å². The van der Waals surface area contributed by atoms with Crippen LogP contribution in [0.2, 0.25) is 9.62 Å². The Kier molecular flexibility index (Phi) is 3.98. The van der Waals surface area contributed by atoms with Crippen LogP contribution in [-0.4, -0.2) is 22.0 Å². The first-order valence-corrected chi connectivity index (χ1v) is 6.32. The third-order valence-electron chi connectivity index (χ3n) is 1.88. The largest absolute Gasteiger partial charge is 0.357 e. The first-order chi connectivity index (χ1) is 8.17. The van der Waals surface area contributed by atoms with E-state index in [0.29, 0.717) is 18.4 Å². The Morgan fingerprint density at radius 2 is 1.94 bits per heavy atom. The summed E-state index contributed by atoms with van der Waals surface area (Å²) >= 11 is 13.1. The summed E-state index contributed by atoms with van der Waals surface area (Å²) < 4.78 is 0.756. The molecular weight excluding hydrogens is 281 g/mol. The van der Waals surface area contributed by atoms with E-state index in [4.69, 9.17) is 23.2 Å². The molecule has 0 amide bonds. The highest BCUT2D eigenvalue weighted by atomic mass is 35.5. The second-order valence-electron chi connectivity index (χ2n) is 3.06. The lowest BCUT2D eigenvalue weighted by Crippen LogP contribution is -2.06. The average molecular weight is 290 g/mol. The molecule has 0 saturated heterocycles. The van der Waals surface area contributed by atoms with Crippen LogP contribution in [-0.2, 0) is 6.54 Å². The maximum atomic E-state index is 5.83. The summed E-state index contributed by atoms with van der Waals surface area (Å²) in [5.74, 6) is 0.857. The molecule has 90 valence electrons. The maximum Gasteiger partial charge on any atom is 0.229 e. The van der Waals surface area contributed by atoms with Crippen LogP contribution in [0.5, 0.6) is 0 Å². The molecule has 0 aliphatic heterocycles. The number of halogens is 2. The van der Waals surface area contributed by atoms with Crippen molar-refractivity contribution >= 4 is 46.4 Å². The molecule has 5 nitrogen and oxygen atoms in total. The molecule has 0 aliphatic carbocycles. The minimum Gasteiger partial charge on any atom is -0.357 e. The van der Waals surface area contributed by atoms with E-state index >= 15 is 0 Å². The molecule has 0 saturated carbocycles. The minimum atomic E-state index is 0.149. The summed E-state index contributed by atoms with van der Waals surface area (Å²) in [5.41, 5.74) is 0. The van der Waals surface area contributed by atoms with Gasteiger partial charge in [0.1, 0.15) is 0 Å². The van der Waals surface area contributed by atoms with Crippen molar-refractivity contribution in [2.24, 2.45) is 0 Å². The van der Waals surface area contributed by atoms with Crippen molar-refractivity contribution < 1.29 is 0 Å². The van der Waals surface area contributed by atoms with Gasteiger partial charge in [-0.25, -0.2) is 0 Å². The highest BCUT2D eigenvalue weighted by Crippen LogP contribution is 2.22. The molecule has 0 unspecified atom stereocenters. The van der Waals surface area contributed by atoms with Crippen LogP contribution < -0.4 is 10.6 Å². The highest BCUT2D eigenvalue weighted by Gasteiger charge is 2.04. The zero-order valence-corrected chi connectivity index (χ0v) is 11.2. The number of hydrogen-bond acceptors (Lipinski definition) is 6. The fourth-order valence-corrected chi connectivity index (χ4v) is 2.34. The zero-order chi connectivity index (χ0) is 12.3. The molecule has 2 aromatic heterocycles. The third kappa shape index (κ3) is 3.42. The molecule has 0 fully saturated rings. The molecule has 17 heavy (non-hydrogen) atoms. The lowest BCUT2D eigenvalue weighted by molar-refractivity contribution is 1.01. The van der Waals surface area contributed by atoms with E-state index < -0.39 is 0 Å². The molecule has 0 bridgehead atoms. The summed E-state index contributed by atoms with van der Waals surface area (Å²) in [4.78, 5) is 13.1. The Bertz CT molecular complexity index is 516. The van der Waals surface area contributed by atoms with E-state index in [1.54, 1.807) is 7.05 Å². The molecule has 0 atom stereocenters. The standard InChI is InChI=1S/C9H9Cl2N5S/c1-12-8-14-7(11)15-9(16-8)13-4-5-2-3-6(10)17-5/h2-3H,4H2,1H3,(H2,12,13,14,15,16). The fraction of sp³-hybridized carbons (Fsp3) is 0.222. The number of hydrogen-bond donors (Lipinski definition) is 2. The van der Waals surface area contributed by atoms with Gasteiger partial charge < -0.3 is 10.6 Å². The Balaban J connectivity index is 2.05. The zero-order valence-electron chi connectivity index (χ0n) is 8.87. The second kappa shape index (κ2) is 5.48. The monoisotopic (exact) mass is 289 g/mol. The normalized spacial score (nSPS) is 10.3. The topological polar surface area (TPSA) is 62.7 Å². The summed E-state index contributed by atoms with van der Waals surface area (Å²) in [6.45, 7) is 0.598. The van der Waals surface area contributed by atoms with Crippen LogP contribution in [0, 0.1) is 0 Å². The van der Waals surface area contributed by atoms with Gasteiger partial charge in [0, 0.05) is 11.9 Å². The molecule has 0 aromatic carbocycles. The number of aromatic nitrogens is 3. The quantitative estimate of drug-likeness (QED) is 0.906. The van der Waals surface area contributed by atoms with Crippen LogP contribution in [0.15, 0.2) is 12.1 Å². The predicted octanol–water partition coefficient (Wildman–Crippen LogP) is 2.89. The van der Waals surface area contributed by atoms with Gasteiger partial charge in [0.2, 0.25) is 17.2 Å². The second-order valence-corrected chi connectivity index (χ2v) is 5.20. The van der Waals surface area contributed by atoms with Gasteiger partial charge in [0.15, 0.2) is 0 Å². The van der Waals surface area contributed by atoms with Gasteiger partial charge in [-0.05, 0) is 23.7 Å². The Morgan fingerprint density at radius 1 is 1.18 bits per heavy atom. The van der Waals surface area contributed by atoms with Crippen LogP contribution in [0.25, 0.3) is 0 Å². The van der Waals surface area contributed by atoms with Crippen molar-refractivity contribution in [2.45, 2.75) is 6.54 Å². The van der Waals surface area contributed by atoms with E-state index in [9.17, 15) is 0 Å². The Morgan fingerprint density at radius 3 is 2.59 bits per heavy atom. The first kappa shape index (κ1) is 12.3. The van der Waals surface area contributed by atoms with Crippen molar-refractivity contribution in [3.63, 3.8) is 0 Å². The number of anilines is 2. The molecular formula is C9H9Cl2N5S. The summed E-state index contributed by atoms with van der Waals surface area (Å²) in [6, 6.07) is 3.80. The average Bonchev–Trinajstić information content (AvgIpc) is 2.72. The molecule has 0 aliphatic rings. The Hall–Kier alpha value is -1.11. The first-order valence-electron chi connectivity index (χ1n) is 4.75. The van der Waals surface area contributed by atoms with E-state index in [1.165, 1.54) is 11.3 Å². The smallest absolute Gasteiger partial charge is 0.229 e. The van der Waals surface area contributed by atoms with Crippen LogP contribution >= 0.6 is 34.5 Å². The van der Waals surface area contributed by atoms with E-state index in [-0.39, 0.29) is 5.28 Å². The van der Waals surface area contributed by atoms with E-state index in [2.05, 4.69) is 25.6 Å². The highest BCUT2D eigenvalue weighted by molar-refractivity contribution is 7.16. The SMILES string of the molecule is CNc1nc(Cl)nc(NCc2ccc(Cl)s2)n1. The number of nitrogens with one attached hydrogen (secondary N) is 2. The van der Waals surface area contributed by atoms with Crippen molar-refractivity contribution in [1.82, 2.24) is 15.0 Å². The molecule has 2 aromatic rings. The minimum absolute atomic E-state index is 0.149. The van der Waals surface area contributed by atoms with Gasteiger partial charge in [-0.15, -0.1) is 11.3 Å². The van der Waals surface area contributed by atoms with Gasteiger partial charge in [-0.3, -0.25) is 0 Å². The van der Waals surface area contributed by atoms with Crippen molar-refractivity contribution in [3.8, 4) is 0 Å². The third-order valence-corrected chi connectivity index (χ3v) is 3.28. The van der Waals surface area contributed by atoms with Gasteiger partial charge >= 0.3 is 0 Å². The summed E-state index contributed by atoms with van der Waals surface area (Å²) in [5, 5.41) is 6.01. The molecule has 2 rings (SSSR count). The summed E-state index contributed by atoms with van der Waals surface area (Å²) in [7, 11) is 1.72. The molecule has 2 heterocycles. The Labute approximate surface area is 112 Å². The number of thiophene rings is 1. The lowest BCUT2D eigenvalue weighted by Gasteiger charge is -2.04. The summed E-state index contributed by atoms with van der Waals surface area (Å²) in [6.07, 6.45) is 0. The van der Waals surface area contributed by atoms with Crippen molar-refractivity contribution in [2.75, 3.05) is 17.7 Å². The molecule has 0 spiro atoms. The maximum absolute atomic E-state index is 5.83.